The van der Waals surface area contributed by atoms with Crippen molar-refractivity contribution in [2.75, 3.05) is 13.1 Å². The third-order valence-corrected chi connectivity index (χ3v) is 5.79. The molecule has 0 bridgehead atoms. The van der Waals surface area contributed by atoms with Crippen molar-refractivity contribution in [2.45, 2.75) is 31.1 Å². The molecule has 142 valence electrons. The largest absolute Gasteiger partial charge is 0.333 e. The number of benzene rings is 1. The zero-order valence-electron chi connectivity index (χ0n) is 15.3. The lowest BCUT2D eigenvalue weighted by molar-refractivity contribution is 0.0664. The van der Waals surface area contributed by atoms with Crippen LogP contribution in [0.2, 0.25) is 0 Å². The van der Waals surface area contributed by atoms with Gasteiger partial charge in [0.15, 0.2) is 10.8 Å². The minimum Gasteiger partial charge on any atom is -0.333 e. The average Bonchev–Trinajstić information content (AvgIpc) is 3.40. The van der Waals surface area contributed by atoms with E-state index in [4.69, 9.17) is 18.7 Å². The first kappa shape index (κ1) is 18.7. The van der Waals surface area contributed by atoms with E-state index in [0.717, 1.165) is 30.2 Å². The number of amides is 1. The average molecular weight is 396 g/mol. The van der Waals surface area contributed by atoms with E-state index in [9.17, 15) is 9.18 Å². The second kappa shape index (κ2) is 6.77. The number of carbonyl (C=O) groups excluding carboxylic acids is 1. The van der Waals surface area contributed by atoms with Crippen LogP contribution in [-0.2, 0) is 0 Å². The van der Waals surface area contributed by atoms with Gasteiger partial charge in [0.05, 0.1) is 5.44 Å². The lowest BCUT2D eigenvalue weighted by Gasteiger charge is -2.48. The first-order valence-corrected chi connectivity index (χ1v) is 9.72. The van der Waals surface area contributed by atoms with Crippen molar-refractivity contribution in [2.24, 2.45) is 0 Å². The molecule has 1 saturated heterocycles. The summed E-state index contributed by atoms with van der Waals surface area (Å²) in [6, 6.07) is 5.22. The Balaban J connectivity index is 1.53. The van der Waals surface area contributed by atoms with Crippen LogP contribution in [0.25, 0.3) is 0 Å². The first-order chi connectivity index (χ1) is 13.3. The molecular weight excluding hydrogens is 378 g/mol. The van der Waals surface area contributed by atoms with E-state index in [1.807, 2.05) is 0 Å². The first-order valence-electron chi connectivity index (χ1n) is 8.94. The van der Waals surface area contributed by atoms with Crippen LogP contribution < -0.4 is 0 Å². The smallest absolute Gasteiger partial charge is 0.254 e. The summed E-state index contributed by atoms with van der Waals surface area (Å²) in [6.07, 6.45) is 2.15. The van der Waals surface area contributed by atoms with Crippen molar-refractivity contribution in [3.05, 3.63) is 46.5 Å². The summed E-state index contributed by atoms with van der Waals surface area (Å²) in [7, 11) is 6.34. The summed E-state index contributed by atoms with van der Waals surface area (Å²) in [4.78, 5) is 20.1. The van der Waals surface area contributed by atoms with Crippen LogP contribution in [0.5, 0.6) is 0 Å². The fourth-order valence-electron chi connectivity index (χ4n) is 3.18. The van der Waals surface area contributed by atoms with Crippen molar-refractivity contribution >= 4 is 37.0 Å². The molecule has 1 aliphatic carbocycles. The molecule has 1 amide bonds. The molecule has 2 heterocycles. The number of amidine groups is 2. The number of nitrogens with one attached hydrogen (secondary N) is 2. The van der Waals surface area contributed by atoms with E-state index in [-0.39, 0.29) is 30.7 Å². The van der Waals surface area contributed by atoms with Gasteiger partial charge in [0, 0.05) is 24.6 Å². The summed E-state index contributed by atoms with van der Waals surface area (Å²) in [5.74, 6) is 0.343. The van der Waals surface area contributed by atoms with Gasteiger partial charge in [-0.3, -0.25) is 15.6 Å². The van der Waals surface area contributed by atoms with Gasteiger partial charge < -0.3 is 9.80 Å². The second-order valence-electron chi connectivity index (χ2n) is 7.19. The number of piperazine rings is 1. The number of carbonyl (C=O) groups is 1. The molecule has 1 unspecified atom stereocenters. The molecular formula is C18H18BFN6OS. The number of halogens is 1. The number of hydrogen-bond donors (Lipinski definition) is 2. The van der Waals surface area contributed by atoms with Gasteiger partial charge in [-0.05, 0) is 55.6 Å². The molecule has 28 heavy (non-hydrogen) atoms. The highest BCUT2D eigenvalue weighted by Crippen LogP contribution is 2.38. The van der Waals surface area contributed by atoms with Crippen molar-refractivity contribution < 1.29 is 9.18 Å². The minimum atomic E-state index is -1.42. The molecule has 1 aromatic carbocycles. The lowest BCUT2D eigenvalue weighted by Crippen LogP contribution is -2.67. The van der Waals surface area contributed by atoms with E-state index in [0.29, 0.717) is 16.5 Å². The molecule has 10 heteroatoms. The summed E-state index contributed by atoms with van der Waals surface area (Å²) >= 11 is 1.15. The fourth-order valence-corrected chi connectivity index (χ4v) is 3.88. The monoisotopic (exact) mass is 396 g/mol. The highest BCUT2D eigenvalue weighted by molar-refractivity contribution is 7.07. The molecule has 4 rings (SSSR count). The maximum absolute atomic E-state index is 13.1. The summed E-state index contributed by atoms with van der Waals surface area (Å²) in [6.45, 7) is 2.03. The summed E-state index contributed by atoms with van der Waals surface area (Å²) in [5, 5.41) is 17.4. The number of nitrogens with zero attached hydrogens (tertiary/aromatic N) is 4. The van der Waals surface area contributed by atoms with Crippen LogP contribution in [0.4, 0.5) is 4.39 Å². The predicted molar refractivity (Wildman–Crippen MR) is 105 cm³/mol. The van der Waals surface area contributed by atoms with Gasteiger partial charge in [-0.1, -0.05) is 0 Å². The molecule has 1 aromatic heterocycles. The maximum atomic E-state index is 13.1. The minimum absolute atomic E-state index is 0.0672. The Hall–Kier alpha value is -2.62. The van der Waals surface area contributed by atoms with Crippen LogP contribution in [0.15, 0.2) is 24.3 Å². The SMILES string of the molecule is [B]C1(C)C(=N)N(C(=N)c2nc(C3CC3)ns2)CCN1C(=O)c1ccc(F)cc1. The van der Waals surface area contributed by atoms with Gasteiger partial charge in [-0.15, -0.1) is 0 Å². The molecule has 1 saturated carbocycles. The lowest BCUT2D eigenvalue weighted by atomic mass is 9.74. The van der Waals surface area contributed by atoms with Crippen LogP contribution >= 0.6 is 11.5 Å². The van der Waals surface area contributed by atoms with E-state index in [1.165, 1.54) is 34.1 Å². The Bertz CT molecular complexity index is 955. The Morgan fingerprint density at radius 1 is 1.32 bits per heavy atom. The molecule has 1 aliphatic heterocycles. The van der Waals surface area contributed by atoms with E-state index in [2.05, 4.69) is 9.36 Å². The van der Waals surface area contributed by atoms with Crippen molar-refractivity contribution in [1.82, 2.24) is 19.2 Å². The van der Waals surface area contributed by atoms with Crippen LogP contribution in [0.3, 0.4) is 0 Å². The summed E-state index contributed by atoms with van der Waals surface area (Å²) in [5.41, 5.74) is -1.12. The Kier molecular flexibility index (Phi) is 4.53. The predicted octanol–water partition coefficient (Wildman–Crippen LogP) is 2.20. The van der Waals surface area contributed by atoms with Crippen molar-refractivity contribution in [3.8, 4) is 0 Å². The third kappa shape index (κ3) is 3.21. The van der Waals surface area contributed by atoms with Crippen LogP contribution in [-0.4, -0.2) is 63.1 Å². The quantitative estimate of drug-likeness (QED) is 0.472. The number of rotatable bonds is 3. The standard InChI is InChI=1S/C18H18BFN6OS/c1-18(19)17(22)25(13(21)15-23-14(24-28-15)10-2-3-10)8-9-26(18)16(27)11-4-6-12(20)7-5-11/h4-7,10,21-22H,2-3,8-9H2,1H3. The molecule has 2 N–H and O–H groups in total. The maximum Gasteiger partial charge on any atom is 0.254 e. The van der Waals surface area contributed by atoms with Crippen LogP contribution in [0, 0.1) is 16.6 Å². The molecule has 1 atom stereocenters. The van der Waals surface area contributed by atoms with E-state index in [1.54, 1.807) is 6.92 Å². The van der Waals surface area contributed by atoms with Gasteiger partial charge >= 0.3 is 0 Å². The van der Waals surface area contributed by atoms with Gasteiger partial charge in [0.25, 0.3) is 5.91 Å². The zero-order chi connectivity index (χ0) is 20.1. The van der Waals surface area contributed by atoms with Gasteiger partial charge in [0.1, 0.15) is 25.3 Å². The Morgan fingerprint density at radius 2 is 2.00 bits per heavy atom. The highest BCUT2D eigenvalue weighted by Gasteiger charge is 2.43. The van der Waals surface area contributed by atoms with Crippen LogP contribution in [0.1, 0.15) is 46.9 Å². The van der Waals surface area contributed by atoms with Crippen molar-refractivity contribution in [3.63, 3.8) is 0 Å². The molecule has 2 aliphatic rings. The fraction of sp³-hybridized carbons (Fsp3) is 0.389. The highest BCUT2D eigenvalue weighted by atomic mass is 32.1. The van der Waals surface area contributed by atoms with Gasteiger partial charge in [0.2, 0.25) is 0 Å². The van der Waals surface area contributed by atoms with Gasteiger partial charge in [-0.2, -0.15) is 4.37 Å². The molecule has 0 spiro atoms. The Labute approximate surface area is 167 Å². The molecule has 2 fully saturated rings. The molecule has 2 aromatic rings. The second-order valence-corrected chi connectivity index (χ2v) is 7.94. The van der Waals surface area contributed by atoms with E-state index < -0.39 is 11.3 Å². The number of aromatic nitrogens is 2. The molecule has 7 nitrogen and oxygen atoms in total. The zero-order valence-corrected chi connectivity index (χ0v) is 16.1. The Morgan fingerprint density at radius 3 is 2.64 bits per heavy atom. The van der Waals surface area contributed by atoms with Crippen molar-refractivity contribution in [1.29, 1.82) is 10.8 Å². The van der Waals surface area contributed by atoms with Gasteiger partial charge in [-0.25, -0.2) is 9.37 Å². The normalized spacial score (nSPS) is 22.4. The topological polar surface area (TPSA) is 97.0 Å². The van der Waals surface area contributed by atoms with E-state index >= 15 is 0 Å². The number of hydrogen-bond acceptors (Lipinski definition) is 6. The third-order valence-electron chi connectivity index (χ3n) is 5.05. The molecule has 2 radical (unpaired) electrons. The summed E-state index contributed by atoms with van der Waals surface area (Å²) < 4.78 is 17.5.